The largest absolute Gasteiger partial charge is 0.337 e. The summed E-state index contributed by atoms with van der Waals surface area (Å²) in [6.45, 7) is 3.49. The van der Waals surface area contributed by atoms with Gasteiger partial charge in [-0.2, -0.15) is 0 Å². The van der Waals surface area contributed by atoms with Crippen LogP contribution in [0.1, 0.15) is 39.4 Å². The third kappa shape index (κ3) is 3.56. The number of likely N-dealkylation sites (tertiary alicyclic amines) is 1. The molecule has 23 heavy (non-hydrogen) atoms. The van der Waals surface area contributed by atoms with Gasteiger partial charge in [0.1, 0.15) is 11.4 Å². The molecule has 3 rings (SSSR count). The first-order chi connectivity index (χ1) is 11.1. The third-order valence-corrected chi connectivity index (χ3v) is 3.87. The molecule has 1 N–H and O–H groups in total. The number of aryl methyl sites for hydroxylation is 1. The van der Waals surface area contributed by atoms with Crippen molar-refractivity contribution in [1.82, 2.24) is 9.88 Å². The molecule has 0 spiro atoms. The second kappa shape index (κ2) is 6.60. The van der Waals surface area contributed by atoms with Crippen molar-refractivity contribution in [3.63, 3.8) is 0 Å². The monoisotopic (exact) mass is 309 g/mol. The highest BCUT2D eigenvalue weighted by Crippen LogP contribution is 2.14. The van der Waals surface area contributed by atoms with Crippen LogP contribution in [0.15, 0.2) is 42.5 Å². The second-order valence-electron chi connectivity index (χ2n) is 5.73. The van der Waals surface area contributed by atoms with Gasteiger partial charge in [-0.1, -0.05) is 18.2 Å². The number of carbonyl (C=O) groups is 2. The van der Waals surface area contributed by atoms with Gasteiger partial charge >= 0.3 is 0 Å². The lowest BCUT2D eigenvalue weighted by Crippen LogP contribution is -2.29. The summed E-state index contributed by atoms with van der Waals surface area (Å²) in [5.74, 6) is -0.417. The van der Waals surface area contributed by atoms with Crippen LogP contribution in [0.3, 0.4) is 0 Å². The van der Waals surface area contributed by atoms with E-state index in [4.69, 9.17) is 0 Å². The Kier molecular flexibility index (Phi) is 4.37. The molecular formula is C18H19N3O2. The normalized spacial score (nSPS) is 13.9. The zero-order valence-electron chi connectivity index (χ0n) is 13.1. The number of rotatable bonds is 3. The molecule has 2 heterocycles. The van der Waals surface area contributed by atoms with Crippen LogP contribution in [0.25, 0.3) is 0 Å². The molecule has 1 saturated heterocycles. The second-order valence-corrected chi connectivity index (χ2v) is 5.73. The van der Waals surface area contributed by atoms with Gasteiger partial charge in [-0.15, -0.1) is 0 Å². The zero-order chi connectivity index (χ0) is 16.2. The molecule has 0 saturated carbocycles. The first-order valence-electron chi connectivity index (χ1n) is 7.78. The van der Waals surface area contributed by atoms with E-state index in [-0.39, 0.29) is 17.5 Å². The molecule has 1 fully saturated rings. The number of hydrogen-bond acceptors (Lipinski definition) is 3. The van der Waals surface area contributed by atoms with E-state index in [2.05, 4.69) is 10.3 Å². The Morgan fingerprint density at radius 1 is 1.04 bits per heavy atom. The number of amides is 2. The average Bonchev–Trinajstić information content (AvgIpc) is 3.09. The number of aromatic nitrogens is 1. The van der Waals surface area contributed by atoms with Crippen LogP contribution in [0.5, 0.6) is 0 Å². The molecule has 5 heteroatoms. The fourth-order valence-electron chi connectivity index (χ4n) is 2.68. The summed E-state index contributed by atoms with van der Waals surface area (Å²) in [6, 6.07) is 12.5. The quantitative estimate of drug-likeness (QED) is 0.948. The van der Waals surface area contributed by atoms with Gasteiger partial charge in [0, 0.05) is 18.8 Å². The van der Waals surface area contributed by atoms with E-state index in [1.807, 2.05) is 31.2 Å². The minimum atomic E-state index is -0.313. The third-order valence-electron chi connectivity index (χ3n) is 3.87. The van der Waals surface area contributed by atoms with Crippen molar-refractivity contribution in [2.75, 3.05) is 18.4 Å². The zero-order valence-corrected chi connectivity index (χ0v) is 13.1. The number of pyridine rings is 1. The molecule has 0 aliphatic carbocycles. The topological polar surface area (TPSA) is 62.3 Å². The van der Waals surface area contributed by atoms with E-state index < -0.39 is 0 Å². The molecule has 0 atom stereocenters. The molecule has 5 nitrogen and oxygen atoms in total. The average molecular weight is 309 g/mol. The lowest BCUT2D eigenvalue weighted by Gasteiger charge is -2.14. The van der Waals surface area contributed by atoms with Crippen LogP contribution in [0, 0.1) is 6.92 Å². The van der Waals surface area contributed by atoms with Crippen LogP contribution >= 0.6 is 0 Å². The maximum atomic E-state index is 12.4. The van der Waals surface area contributed by atoms with E-state index in [0.29, 0.717) is 11.4 Å². The Hall–Kier alpha value is -2.69. The van der Waals surface area contributed by atoms with Gasteiger partial charge < -0.3 is 10.2 Å². The molecular weight excluding hydrogens is 290 g/mol. The number of nitrogens with one attached hydrogen (secondary N) is 1. The molecule has 0 unspecified atom stereocenters. The minimum Gasteiger partial charge on any atom is -0.337 e. The van der Waals surface area contributed by atoms with Crippen molar-refractivity contribution in [1.29, 1.82) is 0 Å². The molecule has 2 amide bonds. The number of benzene rings is 1. The van der Waals surface area contributed by atoms with Gasteiger partial charge in [0.15, 0.2) is 0 Å². The smallest absolute Gasteiger partial charge is 0.274 e. The maximum Gasteiger partial charge on any atom is 0.274 e. The van der Waals surface area contributed by atoms with Crippen molar-refractivity contribution in [2.24, 2.45) is 0 Å². The predicted octanol–water partition coefficient (Wildman–Crippen LogP) is 2.88. The van der Waals surface area contributed by atoms with Crippen molar-refractivity contribution in [2.45, 2.75) is 19.8 Å². The van der Waals surface area contributed by atoms with E-state index in [0.717, 1.165) is 31.5 Å². The van der Waals surface area contributed by atoms with Crippen molar-refractivity contribution in [3.05, 3.63) is 59.4 Å². The van der Waals surface area contributed by atoms with Gasteiger partial charge in [0.05, 0.1) is 0 Å². The van der Waals surface area contributed by atoms with Gasteiger partial charge in [0.2, 0.25) is 0 Å². The maximum absolute atomic E-state index is 12.4. The Morgan fingerprint density at radius 2 is 1.74 bits per heavy atom. The summed E-state index contributed by atoms with van der Waals surface area (Å²) in [5, 5.41) is 2.81. The standard InChI is InChI=1S/C18H19N3O2/c1-13-6-4-7-14(12-13)19-17(22)15-8-5-9-16(20-15)18(23)21-10-2-3-11-21/h4-9,12H,2-3,10-11H2,1H3,(H,19,22). The van der Waals surface area contributed by atoms with Gasteiger partial charge in [-0.25, -0.2) is 4.98 Å². The fraction of sp³-hybridized carbons (Fsp3) is 0.278. The van der Waals surface area contributed by atoms with E-state index in [1.54, 1.807) is 23.1 Å². The summed E-state index contributed by atoms with van der Waals surface area (Å²) in [5.41, 5.74) is 2.35. The van der Waals surface area contributed by atoms with E-state index >= 15 is 0 Å². The number of anilines is 1. The Balaban J connectivity index is 1.76. The van der Waals surface area contributed by atoms with Crippen LogP contribution in [0.2, 0.25) is 0 Å². The van der Waals surface area contributed by atoms with E-state index in [9.17, 15) is 9.59 Å². The van der Waals surface area contributed by atoms with Crippen LogP contribution < -0.4 is 5.32 Å². The summed E-state index contributed by atoms with van der Waals surface area (Å²) in [4.78, 5) is 30.7. The predicted molar refractivity (Wildman–Crippen MR) is 88.5 cm³/mol. The fourth-order valence-corrected chi connectivity index (χ4v) is 2.68. The molecule has 2 aromatic rings. The molecule has 0 bridgehead atoms. The van der Waals surface area contributed by atoms with Gasteiger partial charge in [0.25, 0.3) is 11.8 Å². The summed E-state index contributed by atoms with van der Waals surface area (Å²) in [6.07, 6.45) is 2.05. The number of carbonyl (C=O) groups excluding carboxylic acids is 2. The number of nitrogens with zero attached hydrogens (tertiary/aromatic N) is 2. The highest BCUT2D eigenvalue weighted by Gasteiger charge is 2.21. The lowest BCUT2D eigenvalue weighted by molar-refractivity contribution is 0.0787. The summed E-state index contributed by atoms with van der Waals surface area (Å²) >= 11 is 0. The Labute approximate surface area is 135 Å². The van der Waals surface area contributed by atoms with Crippen LogP contribution in [-0.4, -0.2) is 34.8 Å². The highest BCUT2D eigenvalue weighted by molar-refractivity contribution is 6.03. The van der Waals surface area contributed by atoms with Crippen LogP contribution in [0.4, 0.5) is 5.69 Å². The molecule has 1 aromatic heterocycles. The van der Waals surface area contributed by atoms with Crippen molar-refractivity contribution < 1.29 is 9.59 Å². The first-order valence-corrected chi connectivity index (χ1v) is 7.78. The Morgan fingerprint density at radius 3 is 2.48 bits per heavy atom. The molecule has 118 valence electrons. The Bertz CT molecular complexity index is 737. The molecule has 0 radical (unpaired) electrons. The van der Waals surface area contributed by atoms with Crippen LogP contribution in [-0.2, 0) is 0 Å². The lowest BCUT2D eigenvalue weighted by atomic mass is 10.2. The molecule has 1 aromatic carbocycles. The first kappa shape index (κ1) is 15.2. The van der Waals surface area contributed by atoms with Crippen molar-refractivity contribution >= 4 is 17.5 Å². The summed E-state index contributed by atoms with van der Waals surface area (Å²) in [7, 11) is 0. The van der Waals surface area contributed by atoms with Crippen molar-refractivity contribution in [3.8, 4) is 0 Å². The minimum absolute atomic E-state index is 0.104. The summed E-state index contributed by atoms with van der Waals surface area (Å²) < 4.78 is 0. The van der Waals surface area contributed by atoms with Gasteiger partial charge in [-0.3, -0.25) is 9.59 Å². The molecule has 1 aliphatic heterocycles. The SMILES string of the molecule is Cc1cccc(NC(=O)c2cccc(C(=O)N3CCCC3)n2)c1. The highest BCUT2D eigenvalue weighted by atomic mass is 16.2. The van der Waals surface area contributed by atoms with Gasteiger partial charge in [-0.05, 0) is 49.6 Å². The number of hydrogen-bond donors (Lipinski definition) is 1. The molecule has 1 aliphatic rings. The van der Waals surface area contributed by atoms with E-state index in [1.165, 1.54) is 0 Å².